The Labute approximate surface area is 122 Å². The fourth-order valence-electron chi connectivity index (χ4n) is 1.79. The Morgan fingerprint density at radius 1 is 1.24 bits per heavy atom. The third-order valence-corrected chi connectivity index (χ3v) is 2.95. The highest BCUT2D eigenvalue weighted by atomic mass is 19.1. The molecule has 0 aromatic heterocycles. The van der Waals surface area contributed by atoms with E-state index in [1.807, 2.05) is 12.1 Å². The number of carboxylic acid groups (broad SMARTS) is 1. The number of aliphatic carboxylic acids is 1. The minimum atomic E-state index is -0.989. The summed E-state index contributed by atoms with van der Waals surface area (Å²) in [7, 11) is 0. The number of halogens is 1. The van der Waals surface area contributed by atoms with Crippen LogP contribution in [0.25, 0.3) is 6.08 Å². The van der Waals surface area contributed by atoms with Crippen LogP contribution >= 0.6 is 0 Å². The summed E-state index contributed by atoms with van der Waals surface area (Å²) in [6, 6.07) is 12.2. The number of aryl methyl sites for hydroxylation is 1. The van der Waals surface area contributed by atoms with Gasteiger partial charge in [-0.25, -0.2) is 9.18 Å². The third kappa shape index (κ3) is 4.18. The van der Waals surface area contributed by atoms with Crippen LogP contribution in [0.15, 0.2) is 48.5 Å². The van der Waals surface area contributed by atoms with E-state index < -0.39 is 5.97 Å². The van der Waals surface area contributed by atoms with Crippen molar-refractivity contribution >= 4 is 12.0 Å². The molecule has 0 saturated heterocycles. The summed E-state index contributed by atoms with van der Waals surface area (Å²) in [6.45, 7) is 1.94. The van der Waals surface area contributed by atoms with Crippen molar-refractivity contribution in [2.75, 3.05) is 0 Å². The standard InChI is InChI=1S/C17H15FO3/c1-12-3-2-4-15(17(12)18)21-11-14-7-5-13(6-8-14)9-10-16(19)20/h2-10H,11H2,1H3,(H,19,20)/b10-9+. The third-order valence-electron chi connectivity index (χ3n) is 2.95. The second-order valence-electron chi connectivity index (χ2n) is 4.59. The van der Waals surface area contributed by atoms with Crippen molar-refractivity contribution in [3.63, 3.8) is 0 Å². The minimum absolute atomic E-state index is 0.227. The van der Waals surface area contributed by atoms with Crippen LogP contribution < -0.4 is 4.74 Å². The number of carboxylic acids is 1. The van der Waals surface area contributed by atoms with Crippen molar-refractivity contribution in [1.82, 2.24) is 0 Å². The Balaban J connectivity index is 2.01. The molecule has 0 fully saturated rings. The van der Waals surface area contributed by atoms with Crippen molar-refractivity contribution < 1.29 is 19.0 Å². The van der Waals surface area contributed by atoms with Crippen molar-refractivity contribution in [2.45, 2.75) is 13.5 Å². The van der Waals surface area contributed by atoms with Gasteiger partial charge in [-0.1, -0.05) is 36.4 Å². The SMILES string of the molecule is Cc1cccc(OCc2ccc(/C=C/C(=O)O)cc2)c1F. The molecule has 0 heterocycles. The Morgan fingerprint density at radius 2 is 1.95 bits per heavy atom. The van der Waals surface area contributed by atoms with E-state index in [0.717, 1.165) is 17.2 Å². The number of ether oxygens (including phenoxy) is 1. The van der Waals surface area contributed by atoms with Gasteiger partial charge in [0.25, 0.3) is 0 Å². The maximum absolute atomic E-state index is 13.8. The quantitative estimate of drug-likeness (QED) is 0.850. The smallest absolute Gasteiger partial charge is 0.328 e. The largest absolute Gasteiger partial charge is 0.486 e. The molecule has 0 aliphatic carbocycles. The second kappa shape index (κ2) is 6.70. The second-order valence-corrected chi connectivity index (χ2v) is 4.59. The summed E-state index contributed by atoms with van der Waals surface area (Å²) >= 11 is 0. The van der Waals surface area contributed by atoms with Crippen LogP contribution in [-0.2, 0) is 11.4 Å². The van der Waals surface area contributed by atoms with Gasteiger partial charge in [0, 0.05) is 6.08 Å². The van der Waals surface area contributed by atoms with Gasteiger partial charge in [-0.15, -0.1) is 0 Å². The van der Waals surface area contributed by atoms with Crippen LogP contribution in [0.1, 0.15) is 16.7 Å². The summed E-state index contributed by atoms with van der Waals surface area (Å²) in [5.41, 5.74) is 2.20. The predicted octanol–water partition coefficient (Wildman–Crippen LogP) is 3.81. The molecule has 3 nitrogen and oxygen atoms in total. The molecule has 2 aromatic rings. The highest BCUT2D eigenvalue weighted by molar-refractivity contribution is 5.85. The highest BCUT2D eigenvalue weighted by Gasteiger charge is 2.05. The molecule has 4 heteroatoms. The van der Waals surface area contributed by atoms with Crippen LogP contribution in [-0.4, -0.2) is 11.1 Å². The van der Waals surface area contributed by atoms with Gasteiger partial charge in [0.1, 0.15) is 6.61 Å². The van der Waals surface area contributed by atoms with E-state index in [2.05, 4.69) is 0 Å². The van der Waals surface area contributed by atoms with Crippen LogP contribution in [0.3, 0.4) is 0 Å². The molecule has 0 amide bonds. The fourth-order valence-corrected chi connectivity index (χ4v) is 1.79. The van der Waals surface area contributed by atoms with E-state index >= 15 is 0 Å². The van der Waals surface area contributed by atoms with Gasteiger partial charge in [0.15, 0.2) is 11.6 Å². The molecule has 0 saturated carbocycles. The van der Waals surface area contributed by atoms with E-state index in [1.54, 1.807) is 37.3 Å². The monoisotopic (exact) mass is 286 g/mol. The lowest BCUT2D eigenvalue weighted by Gasteiger charge is -2.08. The van der Waals surface area contributed by atoms with Gasteiger partial charge in [0.05, 0.1) is 0 Å². The maximum atomic E-state index is 13.8. The molecule has 0 atom stereocenters. The zero-order valence-corrected chi connectivity index (χ0v) is 11.5. The average Bonchev–Trinajstić information content (AvgIpc) is 2.48. The molecular formula is C17H15FO3. The van der Waals surface area contributed by atoms with E-state index in [0.29, 0.717) is 5.56 Å². The minimum Gasteiger partial charge on any atom is -0.486 e. The Hall–Kier alpha value is -2.62. The van der Waals surface area contributed by atoms with E-state index in [9.17, 15) is 9.18 Å². The Kier molecular flexibility index (Phi) is 4.72. The van der Waals surface area contributed by atoms with E-state index in [4.69, 9.17) is 9.84 Å². The van der Waals surface area contributed by atoms with Crippen molar-refractivity contribution in [2.24, 2.45) is 0 Å². The lowest BCUT2D eigenvalue weighted by molar-refractivity contribution is -0.131. The van der Waals surface area contributed by atoms with Crippen LogP contribution in [0.4, 0.5) is 4.39 Å². The fraction of sp³-hybridized carbons (Fsp3) is 0.118. The highest BCUT2D eigenvalue weighted by Crippen LogP contribution is 2.20. The first kappa shape index (κ1) is 14.8. The Bertz CT molecular complexity index is 660. The molecule has 0 unspecified atom stereocenters. The van der Waals surface area contributed by atoms with Gasteiger partial charge in [-0.3, -0.25) is 0 Å². The predicted molar refractivity (Wildman–Crippen MR) is 78.6 cm³/mol. The Morgan fingerprint density at radius 3 is 2.62 bits per heavy atom. The topological polar surface area (TPSA) is 46.5 Å². The summed E-state index contributed by atoms with van der Waals surface area (Å²) < 4.78 is 19.2. The molecule has 0 aliphatic heterocycles. The zero-order chi connectivity index (χ0) is 15.2. The normalized spacial score (nSPS) is 10.8. The molecule has 0 aliphatic rings. The molecule has 108 valence electrons. The summed E-state index contributed by atoms with van der Waals surface area (Å²) in [4.78, 5) is 10.4. The lowest BCUT2D eigenvalue weighted by atomic mass is 10.1. The van der Waals surface area contributed by atoms with Gasteiger partial charge < -0.3 is 9.84 Å². The summed E-state index contributed by atoms with van der Waals surface area (Å²) in [5, 5.41) is 8.55. The summed E-state index contributed by atoms with van der Waals surface area (Å²) in [5.74, 6) is -1.11. The number of carbonyl (C=O) groups is 1. The molecule has 0 spiro atoms. The number of benzene rings is 2. The first-order valence-corrected chi connectivity index (χ1v) is 6.44. The number of hydrogen-bond donors (Lipinski definition) is 1. The first-order chi connectivity index (χ1) is 10.1. The number of rotatable bonds is 5. The molecule has 21 heavy (non-hydrogen) atoms. The molecular weight excluding hydrogens is 271 g/mol. The van der Waals surface area contributed by atoms with Crippen LogP contribution in [0.2, 0.25) is 0 Å². The molecule has 0 bridgehead atoms. The lowest BCUT2D eigenvalue weighted by Crippen LogP contribution is -1.98. The molecule has 1 N–H and O–H groups in total. The van der Waals surface area contributed by atoms with Crippen molar-refractivity contribution in [3.8, 4) is 5.75 Å². The molecule has 2 rings (SSSR count). The van der Waals surface area contributed by atoms with Crippen LogP contribution in [0.5, 0.6) is 5.75 Å². The van der Waals surface area contributed by atoms with E-state index in [-0.39, 0.29) is 18.2 Å². The van der Waals surface area contributed by atoms with E-state index in [1.165, 1.54) is 6.08 Å². The number of hydrogen-bond acceptors (Lipinski definition) is 2. The van der Waals surface area contributed by atoms with Gasteiger partial charge in [-0.05, 0) is 35.8 Å². The van der Waals surface area contributed by atoms with Crippen LogP contribution in [0, 0.1) is 12.7 Å². The average molecular weight is 286 g/mol. The van der Waals surface area contributed by atoms with Gasteiger partial charge in [0.2, 0.25) is 0 Å². The van der Waals surface area contributed by atoms with Crippen molar-refractivity contribution in [3.05, 3.63) is 71.0 Å². The van der Waals surface area contributed by atoms with Crippen molar-refractivity contribution in [1.29, 1.82) is 0 Å². The maximum Gasteiger partial charge on any atom is 0.328 e. The van der Waals surface area contributed by atoms with Gasteiger partial charge in [-0.2, -0.15) is 0 Å². The molecule has 2 aromatic carbocycles. The summed E-state index contributed by atoms with van der Waals surface area (Å²) in [6.07, 6.45) is 2.58. The first-order valence-electron chi connectivity index (χ1n) is 6.44. The molecule has 0 radical (unpaired) electrons. The zero-order valence-electron chi connectivity index (χ0n) is 11.5. The van der Waals surface area contributed by atoms with Gasteiger partial charge >= 0.3 is 5.97 Å².